The molecule has 2 aliphatic heterocycles. The van der Waals surface area contributed by atoms with Gasteiger partial charge in [-0.1, -0.05) is 23.8 Å². The van der Waals surface area contributed by atoms with Gasteiger partial charge in [-0.05, 0) is 48.4 Å². The Morgan fingerprint density at radius 2 is 2.00 bits per heavy atom. The van der Waals surface area contributed by atoms with Crippen molar-refractivity contribution in [3.63, 3.8) is 0 Å². The Balaban J connectivity index is 2.03. The number of benzene rings is 1. The first-order chi connectivity index (χ1) is 13.4. The Labute approximate surface area is 167 Å². The number of anilines is 1. The quantitative estimate of drug-likeness (QED) is 0.865. The average Bonchev–Trinajstić information content (AvgIpc) is 3.00. The van der Waals surface area contributed by atoms with E-state index in [1.165, 1.54) is 6.92 Å². The normalized spacial score (nSPS) is 27.6. The number of ketones is 1. The van der Waals surface area contributed by atoms with Crippen molar-refractivity contribution >= 4 is 35.1 Å². The number of pyridine rings is 1. The van der Waals surface area contributed by atoms with Crippen molar-refractivity contribution in [1.82, 2.24) is 4.98 Å². The number of primary amides is 1. The van der Waals surface area contributed by atoms with Crippen molar-refractivity contribution in [2.24, 2.45) is 11.1 Å². The Bertz CT molecular complexity index is 1050. The number of nitrogens with zero attached hydrogens (tertiary/aromatic N) is 3. The zero-order valence-electron chi connectivity index (χ0n) is 15.0. The third-order valence-corrected chi connectivity index (χ3v) is 5.91. The van der Waals surface area contributed by atoms with Gasteiger partial charge in [-0.25, -0.2) is 0 Å². The van der Waals surface area contributed by atoms with Crippen LogP contribution >= 0.6 is 11.6 Å². The number of nitrogens with two attached hydrogens (primary N) is 1. The number of hydrogen-bond donors (Lipinski definition) is 1. The van der Waals surface area contributed by atoms with Gasteiger partial charge in [-0.15, -0.1) is 0 Å². The molecule has 3 heterocycles. The van der Waals surface area contributed by atoms with Crippen molar-refractivity contribution in [3.05, 3.63) is 65.0 Å². The van der Waals surface area contributed by atoms with Crippen LogP contribution in [0.4, 0.5) is 5.69 Å². The maximum Gasteiger partial charge on any atom is 0.241 e. The maximum atomic E-state index is 12.8. The van der Waals surface area contributed by atoms with Crippen LogP contribution in [0, 0.1) is 16.7 Å². The molecule has 4 atom stereocenters. The molecule has 140 valence electrons. The molecule has 1 aromatic heterocycles. The number of hydrogen-bond acceptors (Lipinski definition) is 5. The zero-order valence-corrected chi connectivity index (χ0v) is 15.8. The first kappa shape index (κ1) is 18.2. The Hall–Kier alpha value is -3.17. The summed E-state index contributed by atoms with van der Waals surface area (Å²) >= 11 is 6.12. The van der Waals surface area contributed by atoms with E-state index in [0.717, 1.165) is 11.3 Å². The molecule has 6 nitrogen and oxygen atoms in total. The monoisotopic (exact) mass is 392 g/mol. The number of nitriles is 1. The molecule has 1 aromatic carbocycles. The third-order valence-electron chi connectivity index (χ3n) is 5.67. The van der Waals surface area contributed by atoms with Crippen LogP contribution in [0.3, 0.4) is 0 Å². The van der Waals surface area contributed by atoms with E-state index in [4.69, 9.17) is 17.3 Å². The molecule has 1 fully saturated rings. The van der Waals surface area contributed by atoms with Gasteiger partial charge in [0.1, 0.15) is 0 Å². The molecule has 0 aliphatic carbocycles. The lowest BCUT2D eigenvalue weighted by Crippen LogP contribution is -2.48. The van der Waals surface area contributed by atoms with E-state index in [2.05, 4.69) is 11.1 Å². The van der Waals surface area contributed by atoms with Crippen molar-refractivity contribution in [1.29, 1.82) is 5.26 Å². The predicted molar refractivity (Wildman–Crippen MR) is 105 cm³/mol. The molecule has 2 aromatic rings. The topological polar surface area (TPSA) is 100 Å². The smallest absolute Gasteiger partial charge is 0.241 e. The molecule has 1 saturated heterocycles. The van der Waals surface area contributed by atoms with Crippen LogP contribution in [-0.2, 0) is 9.59 Å². The van der Waals surface area contributed by atoms with Gasteiger partial charge < -0.3 is 10.6 Å². The molecule has 28 heavy (non-hydrogen) atoms. The standard InChI is InChI=1S/C21H17ClN4O2/c1-12(27)19-18(13-6-8-25-9-7-13)21(11-23,20(24)28)17-5-2-14-10-15(22)3-4-16(14)26(17)19/h2-10,17-19H,1H3,(H2,24,28)/t17-,18-,19+,21+/m1/s1. The van der Waals surface area contributed by atoms with Crippen molar-refractivity contribution in [3.8, 4) is 6.07 Å². The highest BCUT2D eigenvalue weighted by molar-refractivity contribution is 6.30. The molecular weight excluding hydrogens is 376 g/mol. The molecular formula is C21H17ClN4O2. The number of aromatic nitrogens is 1. The lowest BCUT2D eigenvalue weighted by molar-refractivity contribution is -0.125. The minimum absolute atomic E-state index is 0.151. The highest BCUT2D eigenvalue weighted by Crippen LogP contribution is 2.55. The number of amides is 1. The number of carbonyl (C=O) groups excluding carboxylic acids is 2. The maximum absolute atomic E-state index is 12.8. The Morgan fingerprint density at radius 3 is 2.61 bits per heavy atom. The van der Waals surface area contributed by atoms with Crippen molar-refractivity contribution in [2.45, 2.75) is 24.9 Å². The fourth-order valence-corrected chi connectivity index (χ4v) is 4.74. The largest absolute Gasteiger partial charge is 0.368 e. The van der Waals surface area contributed by atoms with E-state index >= 15 is 0 Å². The summed E-state index contributed by atoms with van der Waals surface area (Å²) < 4.78 is 0. The number of fused-ring (bicyclic) bond motifs is 3. The summed E-state index contributed by atoms with van der Waals surface area (Å²) in [4.78, 5) is 31.4. The van der Waals surface area contributed by atoms with Crippen LogP contribution < -0.4 is 10.6 Å². The summed E-state index contributed by atoms with van der Waals surface area (Å²) in [7, 11) is 0. The second kappa shape index (κ2) is 6.47. The lowest BCUT2D eigenvalue weighted by atomic mass is 9.68. The summed E-state index contributed by atoms with van der Waals surface area (Å²) in [6.07, 6.45) is 6.75. The first-order valence-electron chi connectivity index (χ1n) is 8.79. The molecule has 0 radical (unpaired) electrons. The van der Waals surface area contributed by atoms with Gasteiger partial charge in [0.25, 0.3) is 0 Å². The van der Waals surface area contributed by atoms with Crippen LogP contribution in [0.1, 0.15) is 24.0 Å². The second-order valence-corrected chi connectivity index (χ2v) is 7.51. The molecule has 1 amide bonds. The predicted octanol–water partition coefficient (Wildman–Crippen LogP) is 2.69. The van der Waals surface area contributed by atoms with E-state index in [9.17, 15) is 14.9 Å². The van der Waals surface area contributed by atoms with E-state index < -0.39 is 29.3 Å². The third kappa shape index (κ3) is 2.36. The molecule has 0 unspecified atom stereocenters. The molecule has 7 heteroatoms. The van der Waals surface area contributed by atoms with Crippen LogP contribution in [-0.4, -0.2) is 28.8 Å². The minimum Gasteiger partial charge on any atom is -0.368 e. The summed E-state index contributed by atoms with van der Waals surface area (Å²) in [5.74, 6) is -1.63. The number of halogens is 1. The van der Waals surface area contributed by atoms with Gasteiger partial charge >= 0.3 is 0 Å². The van der Waals surface area contributed by atoms with Crippen LogP contribution in [0.15, 0.2) is 48.8 Å². The summed E-state index contributed by atoms with van der Waals surface area (Å²) in [5, 5.41) is 10.8. The minimum atomic E-state index is -1.61. The Kier molecular flexibility index (Phi) is 4.20. The van der Waals surface area contributed by atoms with Crippen LogP contribution in [0.5, 0.6) is 0 Å². The van der Waals surface area contributed by atoms with Crippen LogP contribution in [0.2, 0.25) is 5.02 Å². The molecule has 2 N–H and O–H groups in total. The molecule has 0 bridgehead atoms. The number of rotatable bonds is 3. The molecule has 0 spiro atoms. The van der Waals surface area contributed by atoms with E-state index in [0.29, 0.717) is 10.6 Å². The zero-order chi connectivity index (χ0) is 20.1. The summed E-state index contributed by atoms with van der Waals surface area (Å²) in [5.41, 5.74) is 6.45. The fraction of sp³-hybridized carbons (Fsp3) is 0.238. The van der Waals surface area contributed by atoms with E-state index in [-0.39, 0.29) is 5.78 Å². The summed E-state index contributed by atoms with van der Waals surface area (Å²) in [6, 6.07) is 9.55. The van der Waals surface area contributed by atoms with Gasteiger partial charge in [0.15, 0.2) is 11.2 Å². The number of Topliss-reactive ketones (excluding diaryl/α,β-unsaturated/α-hetero) is 1. The highest BCUT2D eigenvalue weighted by Gasteiger charge is 2.65. The second-order valence-electron chi connectivity index (χ2n) is 7.07. The van der Waals surface area contributed by atoms with Gasteiger partial charge in [0, 0.05) is 29.0 Å². The van der Waals surface area contributed by atoms with Crippen molar-refractivity contribution in [2.75, 3.05) is 4.90 Å². The van der Waals surface area contributed by atoms with Gasteiger partial charge in [0.2, 0.25) is 5.91 Å². The Morgan fingerprint density at radius 1 is 1.29 bits per heavy atom. The summed E-state index contributed by atoms with van der Waals surface area (Å²) in [6.45, 7) is 1.47. The molecule has 2 aliphatic rings. The molecule has 0 saturated carbocycles. The van der Waals surface area contributed by atoms with Gasteiger partial charge in [0.05, 0.1) is 18.2 Å². The highest BCUT2D eigenvalue weighted by atomic mass is 35.5. The first-order valence-corrected chi connectivity index (χ1v) is 9.17. The SMILES string of the molecule is CC(=O)[C@H]1[C@@H](c2ccncc2)[C@@](C#N)(C(N)=O)[C@H]2C=Cc3cc(Cl)ccc3N12. The average molecular weight is 393 g/mol. The lowest BCUT2D eigenvalue weighted by Gasteiger charge is -2.36. The van der Waals surface area contributed by atoms with E-state index in [1.54, 1.807) is 42.7 Å². The van der Waals surface area contributed by atoms with Crippen LogP contribution in [0.25, 0.3) is 6.08 Å². The molecule has 4 rings (SSSR count). The van der Waals surface area contributed by atoms with Gasteiger partial charge in [-0.2, -0.15) is 5.26 Å². The number of carbonyl (C=O) groups is 2. The van der Waals surface area contributed by atoms with Gasteiger partial charge in [-0.3, -0.25) is 14.6 Å². The van der Waals surface area contributed by atoms with Crippen molar-refractivity contribution < 1.29 is 9.59 Å². The van der Waals surface area contributed by atoms with E-state index in [1.807, 2.05) is 17.0 Å². The fourth-order valence-electron chi connectivity index (χ4n) is 4.56.